The second kappa shape index (κ2) is 11.0. The van der Waals surface area contributed by atoms with Crippen LogP contribution in [0.15, 0.2) is 170 Å². The van der Waals surface area contributed by atoms with Crippen molar-refractivity contribution in [1.29, 1.82) is 0 Å². The first kappa shape index (κ1) is 27.5. The van der Waals surface area contributed by atoms with Crippen molar-refractivity contribution in [1.82, 2.24) is 19.5 Å². The van der Waals surface area contributed by atoms with Gasteiger partial charge < -0.3 is 4.57 Å². The van der Waals surface area contributed by atoms with Crippen LogP contribution in [-0.4, -0.2) is 19.5 Å². The summed E-state index contributed by atoms with van der Waals surface area (Å²) in [6.07, 6.45) is 0. The molecule has 0 radical (unpaired) electrons. The first-order valence-electron chi connectivity index (χ1n) is 16.5. The largest absolute Gasteiger partial charge is 0.309 e. The van der Waals surface area contributed by atoms with Crippen LogP contribution in [0, 0.1) is 0 Å². The summed E-state index contributed by atoms with van der Waals surface area (Å²) >= 11 is 0. The van der Waals surface area contributed by atoms with Gasteiger partial charge in [0.2, 0.25) is 0 Å². The zero-order valence-electron chi connectivity index (χ0n) is 26.5. The van der Waals surface area contributed by atoms with Gasteiger partial charge in [-0.1, -0.05) is 146 Å². The number of hydrogen-bond donors (Lipinski definition) is 0. The monoisotopic (exact) mass is 624 g/mol. The lowest BCUT2D eigenvalue weighted by Crippen LogP contribution is -2.01. The number of rotatable bonds is 4. The molecule has 228 valence electrons. The molecular formula is C45H28N4. The number of nitrogens with zero attached hydrogens (tertiary/aromatic N) is 4. The van der Waals surface area contributed by atoms with Gasteiger partial charge >= 0.3 is 0 Å². The second-order valence-corrected chi connectivity index (χ2v) is 12.4. The lowest BCUT2D eigenvalue weighted by Gasteiger charge is -2.13. The number of benzene rings is 8. The summed E-state index contributed by atoms with van der Waals surface area (Å²) in [6, 6.07) is 59.7. The van der Waals surface area contributed by atoms with E-state index >= 15 is 0 Å². The van der Waals surface area contributed by atoms with Gasteiger partial charge in [0.1, 0.15) is 0 Å². The van der Waals surface area contributed by atoms with Crippen LogP contribution in [0.5, 0.6) is 0 Å². The third-order valence-corrected chi connectivity index (χ3v) is 9.60. The van der Waals surface area contributed by atoms with Crippen molar-refractivity contribution < 1.29 is 0 Å². The Balaban J connectivity index is 1.24. The highest BCUT2D eigenvalue weighted by Crippen LogP contribution is 2.43. The van der Waals surface area contributed by atoms with Crippen molar-refractivity contribution in [3.05, 3.63) is 170 Å². The van der Waals surface area contributed by atoms with Crippen molar-refractivity contribution in [2.45, 2.75) is 0 Å². The van der Waals surface area contributed by atoms with Crippen LogP contribution in [0.2, 0.25) is 0 Å². The Hall–Kier alpha value is -6.65. The molecule has 0 aliphatic rings. The smallest absolute Gasteiger partial charge is 0.164 e. The van der Waals surface area contributed by atoms with E-state index in [1.165, 1.54) is 43.1 Å². The fourth-order valence-electron chi connectivity index (χ4n) is 7.45. The number of aromatic nitrogens is 4. The Bertz CT molecular complexity index is 2780. The minimum atomic E-state index is 0.637. The highest BCUT2D eigenvalue weighted by atomic mass is 15.0. The summed E-state index contributed by atoms with van der Waals surface area (Å²) in [5, 5.41) is 10.1. The first-order valence-corrected chi connectivity index (χ1v) is 16.5. The predicted molar refractivity (Wildman–Crippen MR) is 203 cm³/mol. The maximum atomic E-state index is 5.02. The Kier molecular flexibility index (Phi) is 6.15. The van der Waals surface area contributed by atoms with E-state index < -0.39 is 0 Å². The molecule has 0 unspecified atom stereocenters. The van der Waals surface area contributed by atoms with E-state index in [0.717, 1.165) is 33.4 Å². The molecule has 0 amide bonds. The molecule has 10 rings (SSSR count). The summed E-state index contributed by atoms with van der Waals surface area (Å²) in [7, 11) is 0. The molecule has 49 heavy (non-hydrogen) atoms. The Labute approximate surface area is 282 Å². The molecule has 0 saturated heterocycles. The molecule has 8 aromatic carbocycles. The molecule has 2 aromatic heterocycles. The quantitative estimate of drug-likeness (QED) is 0.183. The van der Waals surface area contributed by atoms with Crippen LogP contribution < -0.4 is 0 Å². The molecule has 2 heterocycles. The highest BCUT2D eigenvalue weighted by Gasteiger charge is 2.19. The number of hydrogen-bond acceptors (Lipinski definition) is 3. The SMILES string of the molecule is c1ccc(-c2nc(-c3ccccc3)nc(-c3cccc(-n4c5ccccc5c5c6c7ccccc7c7ccccc7c6ccc54)c3)n2)cc1. The van der Waals surface area contributed by atoms with Crippen LogP contribution in [0.1, 0.15) is 0 Å². The van der Waals surface area contributed by atoms with E-state index in [-0.39, 0.29) is 0 Å². The third kappa shape index (κ3) is 4.35. The zero-order valence-corrected chi connectivity index (χ0v) is 26.5. The Morgan fingerprint density at radius 1 is 0.306 bits per heavy atom. The van der Waals surface area contributed by atoms with Gasteiger partial charge in [0, 0.05) is 38.5 Å². The van der Waals surface area contributed by atoms with E-state index in [4.69, 9.17) is 15.0 Å². The maximum absolute atomic E-state index is 5.02. The van der Waals surface area contributed by atoms with Gasteiger partial charge in [0.15, 0.2) is 17.5 Å². The topological polar surface area (TPSA) is 43.6 Å². The molecular weight excluding hydrogens is 597 g/mol. The normalized spacial score (nSPS) is 11.7. The highest BCUT2D eigenvalue weighted by molar-refractivity contribution is 6.35. The fourth-order valence-corrected chi connectivity index (χ4v) is 7.45. The van der Waals surface area contributed by atoms with E-state index in [1.807, 2.05) is 60.7 Å². The van der Waals surface area contributed by atoms with E-state index in [9.17, 15) is 0 Å². The summed E-state index contributed by atoms with van der Waals surface area (Å²) in [5.41, 5.74) is 6.21. The van der Waals surface area contributed by atoms with Gasteiger partial charge in [0.25, 0.3) is 0 Å². The number of fused-ring (bicyclic) bond motifs is 10. The first-order chi connectivity index (χ1) is 24.3. The van der Waals surface area contributed by atoms with Gasteiger partial charge in [0.05, 0.1) is 11.0 Å². The molecule has 4 nitrogen and oxygen atoms in total. The molecule has 4 heteroatoms. The average molecular weight is 625 g/mol. The van der Waals surface area contributed by atoms with Gasteiger partial charge in [-0.25, -0.2) is 15.0 Å². The predicted octanol–water partition coefficient (Wildman–Crippen LogP) is 11.4. The fraction of sp³-hybridized carbons (Fsp3) is 0. The molecule has 10 aromatic rings. The number of para-hydroxylation sites is 1. The molecule has 0 atom stereocenters. The standard InChI is InChI=1S/C45H28N4/c1-3-14-29(15-4-1)43-46-44(30-16-5-2-6-17-30)48-45(47-43)31-18-13-19-32(28-31)49-39-25-12-11-24-38(39)42-40(49)27-26-37-35-22-8-7-20-33(35)34-21-9-10-23-36(34)41(37)42/h1-28H. The minimum Gasteiger partial charge on any atom is -0.309 e. The maximum Gasteiger partial charge on any atom is 0.164 e. The van der Waals surface area contributed by atoms with Crippen molar-refractivity contribution in [3.63, 3.8) is 0 Å². The van der Waals surface area contributed by atoms with Crippen LogP contribution >= 0.6 is 0 Å². The lowest BCUT2D eigenvalue weighted by atomic mass is 9.92. The Morgan fingerprint density at radius 3 is 1.41 bits per heavy atom. The van der Waals surface area contributed by atoms with Crippen LogP contribution in [-0.2, 0) is 0 Å². The minimum absolute atomic E-state index is 0.637. The summed E-state index contributed by atoms with van der Waals surface area (Å²) in [6.45, 7) is 0. The molecule has 0 aliphatic carbocycles. The average Bonchev–Trinajstić information content (AvgIpc) is 3.53. The van der Waals surface area contributed by atoms with Gasteiger partial charge in [-0.15, -0.1) is 0 Å². The Morgan fingerprint density at radius 2 is 0.776 bits per heavy atom. The molecule has 0 aliphatic heterocycles. The summed E-state index contributed by atoms with van der Waals surface area (Å²) in [4.78, 5) is 14.9. The van der Waals surface area contributed by atoms with Crippen molar-refractivity contribution in [2.75, 3.05) is 0 Å². The van der Waals surface area contributed by atoms with Crippen molar-refractivity contribution >= 4 is 54.1 Å². The summed E-state index contributed by atoms with van der Waals surface area (Å²) in [5.74, 6) is 1.94. The van der Waals surface area contributed by atoms with Crippen LogP contribution in [0.25, 0.3) is 94.0 Å². The second-order valence-electron chi connectivity index (χ2n) is 12.4. The molecule has 0 bridgehead atoms. The third-order valence-electron chi connectivity index (χ3n) is 9.60. The molecule has 0 fully saturated rings. The van der Waals surface area contributed by atoms with Crippen LogP contribution in [0.3, 0.4) is 0 Å². The van der Waals surface area contributed by atoms with Gasteiger partial charge in [-0.3, -0.25) is 0 Å². The summed E-state index contributed by atoms with van der Waals surface area (Å²) < 4.78 is 2.38. The molecule has 0 saturated carbocycles. The van der Waals surface area contributed by atoms with Crippen molar-refractivity contribution in [2.24, 2.45) is 0 Å². The van der Waals surface area contributed by atoms with E-state index in [1.54, 1.807) is 0 Å². The molecule has 0 N–H and O–H groups in total. The van der Waals surface area contributed by atoms with Gasteiger partial charge in [-0.05, 0) is 51.2 Å². The van der Waals surface area contributed by atoms with Gasteiger partial charge in [-0.2, -0.15) is 0 Å². The van der Waals surface area contributed by atoms with E-state index in [0.29, 0.717) is 17.5 Å². The van der Waals surface area contributed by atoms with Crippen molar-refractivity contribution in [3.8, 4) is 39.9 Å². The van der Waals surface area contributed by atoms with E-state index in [2.05, 4.69) is 114 Å². The zero-order chi connectivity index (χ0) is 32.3. The van der Waals surface area contributed by atoms with Crippen LogP contribution in [0.4, 0.5) is 0 Å². The lowest BCUT2D eigenvalue weighted by molar-refractivity contribution is 1.07. The molecule has 0 spiro atoms.